The van der Waals surface area contributed by atoms with E-state index in [0.717, 1.165) is 44.4 Å². The first-order valence-electron chi connectivity index (χ1n) is 8.27. The van der Waals surface area contributed by atoms with Crippen LogP contribution < -0.4 is 9.47 Å². The number of hydrogen-bond acceptors (Lipinski definition) is 4. The van der Waals surface area contributed by atoms with Gasteiger partial charge in [0, 0.05) is 23.3 Å². The molecule has 0 aliphatic carbocycles. The van der Waals surface area contributed by atoms with Crippen LogP contribution in [0.5, 0.6) is 11.5 Å². The molecule has 1 heterocycles. The SMILES string of the molecule is COc1ccc(-c2c3ccc4ccc(OC)cc4c3nn2C(C)=O)cc1. The molecule has 3 aromatic carbocycles. The number of methoxy groups -OCH3 is 2. The molecule has 0 unspecified atom stereocenters. The number of ether oxygens (including phenoxy) is 2. The van der Waals surface area contributed by atoms with E-state index in [0.29, 0.717) is 0 Å². The van der Waals surface area contributed by atoms with E-state index in [1.54, 1.807) is 14.2 Å². The van der Waals surface area contributed by atoms with Crippen LogP contribution in [0.4, 0.5) is 0 Å². The van der Waals surface area contributed by atoms with Crippen LogP contribution in [-0.2, 0) is 0 Å². The van der Waals surface area contributed by atoms with Gasteiger partial charge in [0.15, 0.2) is 0 Å². The Labute approximate surface area is 150 Å². The van der Waals surface area contributed by atoms with Crippen molar-refractivity contribution in [2.75, 3.05) is 14.2 Å². The molecule has 26 heavy (non-hydrogen) atoms. The molecule has 0 radical (unpaired) electrons. The molecule has 130 valence electrons. The lowest BCUT2D eigenvalue weighted by molar-refractivity contribution is 0.0924. The van der Waals surface area contributed by atoms with Crippen molar-refractivity contribution in [2.45, 2.75) is 6.92 Å². The molecular formula is C21H18N2O3. The molecule has 0 saturated carbocycles. The fourth-order valence-electron chi connectivity index (χ4n) is 3.23. The van der Waals surface area contributed by atoms with E-state index in [1.807, 2.05) is 54.6 Å². The second-order valence-corrected chi connectivity index (χ2v) is 6.06. The molecule has 0 saturated heterocycles. The molecule has 1 aromatic heterocycles. The largest absolute Gasteiger partial charge is 0.497 e. The molecule has 0 fully saturated rings. The van der Waals surface area contributed by atoms with Crippen LogP contribution in [0.1, 0.15) is 11.7 Å². The fraction of sp³-hybridized carbons (Fsp3) is 0.143. The maximum absolute atomic E-state index is 12.2. The number of rotatable bonds is 3. The van der Waals surface area contributed by atoms with E-state index in [4.69, 9.17) is 9.47 Å². The Balaban J connectivity index is 2.05. The van der Waals surface area contributed by atoms with Gasteiger partial charge in [0.25, 0.3) is 0 Å². The molecule has 0 spiro atoms. The van der Waals surface area contributed by atoms with Crippen LogP contribution in [-0.4, -0.2) is 29.9 Å². The average molecular weight is 346 g/mol. The van der Waals surface area contributed by atoms with E-state index in [2.05, 4.69) is 5.10 Å². The molecule has 0 aliphatic rings. The van der Waals surface area contributed by atoms with E-state index in [9.17, 15) is 4.79 Å². The molecule has 0 N–H and O–H groups in total. The minimum absolute atomic E-state index is 0.136. The number of aromatic nitrogens is 2. The molecule has 0 aliphatic heterocycles. The lowest BCUT2D eigenvalue weighted by Gasteiger charge is -2.06. The average Bonchev–Trinajstić information content (AvgIpc) is 3.08. The van der Waals surface area contributed by atoms with Crippen LogP contribution in [0.25, 0.3) is 32.9 Å². The Bertz CT molecular complexity index is 1130. The Kier molecular flexibility index (Phi) is 3.84. The third kappa shape index (κ3) is 2.49. The number of nitrogens with zero attached hydrogens (tertiary/aromatic N) is 2. The van der Waals surface area contributed by atoms with Crippen molar-refractivity contribution in [3.63, 3.8) is 0 Å². The first-order valence-corrected chi connectivity index (χ1v) is 8.27. The van der Waals surface area contributed by atoms with Gasteiger partial charge in [0.05, 0.1) is 19.9 Å². The van der Waals surface area contributed by atoms with Gasteiger partial charge in [-0.25, -0.2) is 0 Å². The van der Waals surface area contributed by atoms with Gasteiger partial charge in [-0.1, -0.05) is 12.1 Å². The highest BCUT2D eigenvalue weighted by Gasteiger charge is 2.18. The van der Waals surface area contributed by atoms with Crippen molar-refractivity contribution in [3.8, 4) is 22.8 Å². The smallest absolute Gasteiger partial charge is 0.244 e. The number of benzene rings is 3. The Morgan fingerprint density at radius 2 is 1.54 bits per heavy atom. The third-order valence-electron chi connectivity index (χ3n) is 4.53. The van der Waals surface area contributed by atoms with Gasteiger partial charge in [-0.15, -0.1) is 0 Å². The van der Waals surface area contributed by atoms with Gasteiger partial charge >= 0.3 is 0 Å². The lowest BCUT2D eigenvalue weighted by atomic mass is 10.0. The quantitative estimate of drug-likeness (QED) is 0.547. The predicted octanol–water partition coefficient (Wildman–Crippen LogP) is 4.53. The van der Waals surface area contributed by atoms with E-state index in [-0.39, 0.29) is 5.91 Å². The van der Waals surface area contributed by atoms with E-state index in [1.165, 1.54) is 11.6 Å². The van der Waals surface area contributed by atoms with Gasteiger partial charge in [-0.2, -0.15) is 9.78 Å². The van der Waals surface area contributed by atoms with E-state index >= 15 is 0 Å². The zero-order chi connectivity index (χ0) is 18.3. The number of carbonyl (C=O) groups is 1. The highest BCUT2D eigenvalue weighted by molar-refractivity contribution is 6.11. The van der Waals surface area contributed by atoms with Crippen LogP contribution in [0.15, 0.2) is 54.6 Å². The summed E-state index contributed by atoms with van der Waals surface area (Å²) in [5.41, 5.74) is 2.47. The molecule has 4 aromatic rings. The van der Waals surface area contributed by atoms with Crippen LogP contribution in [0.2, 0.25) is 0 Å². The summed E-state index contributed by atoms with van der Waals surface area (Å²) >= 11 is 0. The number of hydrogen-bond donors (Lipinski definition) is 0. The summed E-state index contributed by atoms with van der Waals surface area (Å²) in [7, 11) is 3.27. The van der Waals surface area contributed by atoms with E-state index < -0.39 is 0 Å². The zero-order valence-electron chi connectivity index (χ0n) is 14.8. The number of fused-ring (bicyclic) bond motifs is 3. The van der Waals surface area contributed by atoms with Gasteiger partial charge in [-0.3, -0.25) is 4.79 Å². The molecule has 0 atom stereocenters. The standard InChI is InChI=1S/C21H18N2O3/c1-13(24)23-21(15-5-8-16(25-2)9-6-15)18-11-7-14-4-10-17(26-3)12-19(14)20(18)22-23/h4-12H,1-3H3. The third-order valence-corrected chi connectivity index (χ3v) is 4.53. The van der Waals surface area contributed by atoms with Gasteiger partial charge in [-0.05, 0) is 47.9 Å². The van der Waals surface area contributed by atoms with Crippen molar-refractivity contribution in [3.05, 3.63) is 54.6 Å². The normalized spacial score (nSPS) is 11.0. The van der Waals surface area contributed by atoms with Crippen molar-refractivity contribution < 1.29 is 14.3 Å². The van der Waals surface area contributed by atoms with Crippen molar-refractivity contribution in [1.82, 2.24) is 9.78 Å². The molecular weight excluding hydrogens is 328 g/mol. The Morgan fingerprint density at radius 1 is 0.885 bits per heavy atom. The molecule has 0 bridgehead atoms. The summed E-state index contributed by atoms with van der Waals surface area (Å²) in [5, 5.41) is 7.54. The summed E-state index contributed by atoms with van der Waals surface area (Å²) < 4.78 is 12.0. The molecule has 5 heteroatoms. The monoisotopic (exact) mass is 346 g/mol. The number of carbonyl (C=O) groups excluding carboxylic acids is 1. The molecule has 5 nitrogen and oxygen atoms in total. The van der Waals surface area contributed by atoms with Crippen molar-refractivity contribution in [1.29, 1.82) is 0 Å². The first-order chi connectivity index (χ1) is 12.6. The van der Waals surface area contributed by atoms with Crippen molar-refractivity contribution in [2.24, 2.45) is 0 Å². The Hall–Kier alpha value is -3.34. The minimum atomic E-state index is -0.136. The lowest BCUT2D eigenvalue weighted by Crippen LogP contribution is -2.09. The first kappa shape index (κ1) is 16.1. The van der Waals surface area contributed by atoms with Gasteiger partial charge in [0.2, 0.25) is 5.91 Å². The Morgan fingerprint density at radius 3 is 2.19 bits per heavy atom. The summed E-state index contributed by atoms with van der Waals surface area (Å²) in [6.45, 7) is 1.52. The van der Waals surface area contributed by atoms with Crippen LogP contribution in [0.3, 0.4) is 0 Å². The summed E-state index contributed by atoms with van der Waals surface area (Å²) in [6.07, 6.45) is 0. The topological polar surface area (TPSA) is 53.4 Å². The minimum Gasteiger partial charge on any atom is -0.497 e. The molecule has 4 rings (SSSR count). The van der Waals surface area contributed by atoms with Crippen LogP contribution >= 0.6 is 0 Å². The predicted molar refractivity (Wildman–Crippen MR) is 102 cm³/mol. The highest BCUT2D eigenvalue weighted by Crippen LogP contribution is 2.35. The van der Waals surface area contributed by atoms with Crippen molar-refractivity contribution >= 4 is 27.6 Å². The maximum atomic E-state index is 12.2. The van der Waals surface area contributed by atoms with Gasteiger partial charge in [0.1, 0.15) is 17.0 Å². The second kappa shape index (κ2) is 6.19. The van der Waals surface area contributed by atoms with Crippen LogP contribution in [0, 0.1) is 0 Å². The maximum Gasteiger partial charge on any atom is 0.244 e. The molecule has 0 amide bonds. The summed E-state index contributed by atoms with van der Waals surface area (Å²) in [4.78, 5) is 12.2. The summed E-state index contributed by atoms with van der Waals surface area (Å²) in [6, 6.07) is 17.5. The fourth-order valence-corrected chi connectivity index (χ4v) is 3.23. The highest BCUT2D eigenvalue weighted by atomic mass is 16.5. The summed E-state index contributed by atoms with van der Waals surface area (Å²) in [5.74, 6) is 1.39. The van der Waals surface area contributed by atoms with Gasteiger partial charge < -0.3 is 9.47 Å². The second-order valence-electron chi connectivity index (χ2n) is 6.06. The zero-order valence-corrected chi connectivity index (χ0v) is 14.8.